The van der Waals surface area contributed by atoms with Crippen molar-refractivity contribution < 1.29 is 23.8 Å². The fourth-order valence-electron chi connectivity index (χ4n) is 3.55. The molecule has 0 fully saturated rings. The number of ether oxygens (including phenoxy) is 3. The van der Waals surface area contributed by atoms with Crippen LogP contribution >= 0.6 is 11.6 Å². The van der Waals surface area contributed by atoms with Crippen LogP contribution in [0, 0.1) is 0 Å². The monoisotopic (exact) mass is 458 g/mol. The molecule has 1 heterocycles. The van der Waals surface area contributed by atoms with Crippen molar-refractivity contribution >= 4 is 34.7 Å². The van der Waals surface area contributed by atoms with Gasteiger partial charge in [0.25, 0.3) is 11.8 Å². The van der Waals surface area contributed by atoms with E-state index in [0.717, 1.165) is 4.90 Å². The first-order valence-corrected chi connectivity index (χ1v) is 10.7. The number of benzene rings is 2. The summed E-state index contributed by atoms with van der Waals surface area (Å²) in [6, 6.07) is 13.9. The standard InChI is InChI=1S/C24H27ClN2O5/c1-4-32-18-11-9-17(10-12-18)21-22(26(13-15-30-2)14-16-31-3)24(29)27(23(21)28)20-8-6-5-7-19(20)25/h5-12H,4,13-16H2,1-3H3. The van der Waals surface area contributed by atoms with Crippen molar-refractivity contribution in [3.63, 3.8) is 0 Å². The Balaban J connectivity index is 2.12. The van der Waals surface area contributed by atoms with Crippen molar-refractivity contribution in [3.05, 3.63) is 64.8 Å². The van der Waals surface area contributed by atoms with E-state index in [4.69, 9.17) is 25.8 Å². The summed E-state index contributed by atoms with van der Waals surface area (Å²) in [5, 5.41) is 0.321. The highest BCUT2D eigenvalue weighted by Gasteiger charge is 2.43. The Morgan fingerprint density at radius 3 is 2.09 bits per heavy atom. The molecule has 32 heavy (non-hydrogen) atoms. The largest absolute Gasteiger partial charge is 0.494 e. The van der Waals surface area contributed by atoms with E-state index in [1.807, 2.05) is 11.8 Å². The molecule has 0 radical (unpaired) electrons. The Kier molecular flexibility index (Phi) is 8.27. The van der Waals surface area contributed by atoms with Crippen molar-refractivity contribution in [1.82, 2.24) is 4.90 Å². The lowest BCUT2D eigenvalue weighted by Crippen LogP contribution is -2.37. The second-order valence-electron chi connectivity index (χ2n) is 7.05. The zero-order valence-corrected chi connectivity index (χ0v) is 19.2. The second kappa shape index (κ2) is 11.1. The number of carbonyl (C=O) groups excluding carboxylic acids is 2. The number of hydrogen-bond donors (Lipinski definition) is 0. The van der Waals surface area contributed by atoms with E-state index < -0.39 is 11.8 Å². The van der Waals surface area contributed by atoms with Gasteiger partial charge in [-0.15, -0.1) is 0 Å². The van der Waals surface area contributed by atoms with Crippen LogP contribution in [0.1, 0.15) is 12.5 Å². The van der Waals surface area contributed by atoms with Gasteiger partial charge in [-0.1, -0.05) is 35.9 Å². The lowest BCUT2D eigenvalue weighted by molar-refractivity contribution is -0.120. The first-order valence-electron chi connectivity index (χ1n) is 10.4. The molecule has 0 saturated carbocycles. The molecule has 8 heteroatoms. The molecule has 0 aliphatic carbocycles. The van der Waals surface area contributed by atoms with E-state index in [9.17, 15) is 9.59 Å². The van der Waals surface area contributed by atoms with Crippen LogP contribution in [0.2, 0.25) is 5.02 Å². The molecule has 0 N–H and O–H groups in total. The number of carbonyl (C=O) groups is 2. The molecule has 0 bridgehead atoms. The molecule has 7 nitrogen and oxygen atoms in total. The summed E-state index contributed by atoms with van der Waals surface area (Å²) in [4.78, 5) is 30.2. The highest BCUT2D eigenvalue weighted by molar-refractivity contribution is 6.47. The second-order valence-corrected chi connectivity index (χ2v) is 7.46. The van der Waals surface area contributed by atoms with Crippen molar-refractivity contribution in [2.45, 2.75) is 6.92 Å². The maximum Gasteiger partial charge on any atom is 0.282 e. The minimum Gasteiger partial charge on any atom is -0.494 e. The zero-order chi connectivity index (χ0) is 23.1. The molecule has 170 valence electrons. The van der Waals surface area contributed by atoms with Gasteiger partial charge in [-0.2, -0.15) is 0 Å². The molecule has 0 unspecified atom stereocenters. The molecule has 2 aromatic carbocycles. The molecule has 0 saturated heterocycles. The summed E-state index contributed by atoms with van der Waals surface area (Å²) in [7, 11) is 3.18. The maximum atomic E-state index is 13.6. The fourth-order valence-corrected chi connectivity index (χ4v) is 3.77. The molecule has 1 aliphatic heterocycles. The van der Waals surface area contributed by atoms with Crippen LogP contribution in [0.3, 0.4) is 0 Å². The van der Waals surface area contributed by atoms with Crippen LogP contribution in [0.15, 0.2) is 54.2 Å². The number of amides is 2. The average molecular weight is 459 g/mol. The number of methoxy groups -OCH3 is 2. The molecule has 3 rings (SSSR count). The topological polar surface area (TPSA) is 68.3 Å². The summed E-state index contributed by atoms with van der Waals surface area (Å²) in [6.07, 6.45) is 0. The number of anilines is 1. The van der Waals surface area contributed by atoms with Crippen LogP contribution in [0.4, 0.5) is 5.69 Å². The number of halogens is 1. The molecule has 0 atom stereocenters. The molecule has 0 spiro atoms. The van der Waals surface area contributed by atoms with Crippen LogP contribution in [-0.4, -0.2) is 63.8 Å². The van der Waals surface area contributed by atoms with Gasteiger partial charge < -0.3 is 19.1 Å². The van der Waals surface area contributed by atoms with Gasteiger partial charge in [-0.25, -0.2) is 4.90 Å². The van der Waals surface area contributed by atoms with Crippen molar-refractivity contribution in [2.24, 2.45) is 0 Å². The maximum absolute atomic E-state index is 13.6. The van der Waals surface area contributed by atoms with Gasteiger partial charge in [0.15, 0.2) is 0 Å². The third kappa shape index (κ3) is 4.96. The Labute approximate surface area is 193 Å². The van der Waals surface area contributed by atoms with Crippen LogP contribution in [-0.2, 0) is 19.1 Å². The third-order valence-corrected chi connectivity index (χ3v) is 5.37. The summed E-state index contributed by atoms with van der Waals surface area (Å²) in [5.41, 5.74) is 1.58. The first kappa shape index (κ1) is 23.8. The number of nitrogens with zero attached hydrogens (tertiary/aromatic N) is 2. The van der Waals surface area contributed by atoms with Gasteiger partial charge >= 0.3 is 0 Å². The Morgan fingerprint density at radius 2 is 1.53 bits per heavy atom. The van der Waals surface area contributed by atoms with Gasteiger partial charge in [-0.05, 0) is 36.8 Å². The Hall–Kier alpha value is -2.87. The normalized spacial score (nSPS) is 13.8. The molecule has 1 aliphatic rings. The van der Waals surface area contributed by atoms with E-state index in [0.29, 0.717) is 66.2 Å². The van der Waals surface area contributed by atoms with Crippen LogP contribution in [0.5, 0.6) is 5.75 Å². The SMILES string of the molecule is CCOc1ccc(C2=C(N(CCOC)CCOC)C(=O)N(c3ccccc3Cl)C2=O)cc1. The smallest absolute Gasteiger partial charge is 0.282 e. The van der Waals surface area contributed by atoms with Gasteiger partial charge in [0.1, 0.15) is 11.4 Å². The van der Waals surface area contributed by atoms with E-state index >= 15 is 0 Å². The average Bonchev–Trinajstić information content (AvgIpc) is 3.05. The number of rotatable bonds is 11. The van der Waals surface area contributed by atoms with E-state index in [2.05, 4.69) is 0 Å². The first-order chi connectivity index (χ1) is 15.5. The predicted molar refractivity (Wildman–Crippen MR) is 124 cm³/mol. The predicted octanol–water partition coefficient (Wildman–Crippen LogP) is 3.62. The Morgan fingerprint density at radius 1 is 0.906 bits per heavy atom. The zero-order valence-electron chi connectivity index (χ0n) is 18.5. The molecular weight excluding hydrogens is 432 g/mol. The highest BCUT2D eigenvalue weighted by atomic mass is 35.5. The Bertz CT molecular complexity index is 982. The van der Waals surface area contributed by atoms with Gasteiger partial charge in [0, 0.05) is 27.3 Å². The molecular formula is C24H27ClN2O5. The molecule has 0 aromatic heterocycles. The van der Waals surface area contributed by atoms with Crippen molar-refractivity contribution in [2.75, 3.05) is 52.0 Å². The van der Waals surface area contributed by atoms with Crippen molar-refractivity contribution in [3.8, 4) is 5.75 Å². The minimum atomic E-state index is -0.431. The lowest BCUT2D eigenvalue weighted by atomic mass is 10.0. The highest BCUT2D eigenvalue weighted by Crippen LogP contribution is 2.37. The van der Waals surface area contributed by atoms with Gasteiger partial charge in [-0.3, -0.25) is 9.59 Å². The summed E-state index contributed by atoms with van der Waals surface area (Å²) >= 11 is 6.34. The number of imide groups is 1. The summed E-state index contributed by atoms with van der Waals surface area (Å²) < 4.78 is 16.0. The van der Waals surface area contributed by atoms with E-state index in [-0.39, 0.29) is 0 Å². The van der Waals surface area contributed by atoms with E-state index in [1.165, 1.54) is 0 Å². The van der Waals surface area contributed by atoms with Gasteiger partial charge in [0.2, 0.25) is 0 Å². The van der Waals surface area contributed by atoms with Crippen LogP contribution < -0.4 is 9.64 Å². The minimum absolute atomic E-state index is 0.299. The van der Waals surface area contributed by atoms with Gasteiger partial charge in [0.05, 0.1) is 36.1 Å². The number of hydrogen-bond acceptors (Lipinski definition) is 6. The third-order valence-electron chi connectivity index (χ3n) is 5.05. The van der Waals surface area contributed by atoms with Crippen LogP contribution in [0.25, 0.3) is 5.57 Å². The van der Waals surface area contributed by atoms with E-state index in [1.54, 1.807) is 62.8 Å². The summed E-state index contributed by atoms with van der Waals surface area (Å²) in [5.74, 6) is -0.171. The van der Waals surface area contributed by atoms with Crippen molar-refractivity contribution in [1.29, 1.82) is 0 Å². The molecule has 2 aromatic rings. The lowest BCUT2D eigenvalue weighted by Gasteiger charge is -2.25. The fraction of sp³-hybridized carbons (Fsp3) is 0.333. The number of para-hydroxylation sites is 1. The quantitative estimate of drug-likeness (QED) is 0.479. The summed E-state index contributed by atoms with van der Waals surface area (Å²) in [6.45, 7) is 4.05. The molecule has 2 amide bonds.